The van der Waals surface area contributed by atoms with Crippen LogP contribution in [0.4, 0.5) is 17.1 Å². The first kappa shape index (κ1) is 14.1. The summed E-state index contributed by atoms with van der Waals surface area (Å²) in [5, 5.41) is 11.8. The van der Waals surface area contributed by atoms with Crippen LogP contribution < -0.4 is 9.64 Å². The molecule has 2 aromatic rings. The summed E-state index contributed by atoms with van der Waals surface area (Å²) in [4.78, 5) is 12.5. The van der Waals surface area contributed by atoms with Crippen molar-refractivity contribution in [2.24, 2.45) is 0 Å². The lowest BCUT2D eigenvalue weighted by atomic mass is 10.2. The third-order valence-corrected chi connectivity index (χ3v) is 3.21. The van der Waals surface area contributed by atoms with Gasteiger partial charge in [0.15, 0.2) is 0 Å². The topological polar surface area (TPSA) is 55.6 Å². The van der Waals surface area contributed by atoms with E-state index in [2.05, 4.69) is 0 Å². The highest BCUT2D eigenvalue weighted by molar-refractivity contribution is 6.30. The van der Waals surface area contributed by atoms with Crippen molar-refractivity contribution in [3.63, 3.8) is 0 Å². The molecular weight excluding hydrogens is 280 g/mol. The Morgan fingerprint density at radius 3 is 2.40 bits per heavy atom. The molecule has 0 radical (unpaired) electrons. The molecule has 0 amide bonds. The van der Waals surface area contributed by atoms with Gasteiger partial charge in [-0.3, -0.25) is 10.1 Å². The summed E-state index contributed by atoms with van der Waals surface area (Å²) in [6, 6.07) is 11.8. The first-order valence-corrected chi connectivity index (χ1v) is 6.22. The lowest BCUT2D eigenvalue weighted by Crippen LogP contribution is -2.11. The summed E-state index contributed by atoms with van der Waals surface area (Å²) < 4.78 is 5.02. The van der Waals surface area contributed by atoms with Crippen LogP contribution in [0.2, 0.25) is 5.02 Å². The molecule has 104 valence electrons. The zero-order valence-corrected chi connectivity index (χ0v) is 11.8. The number of methoxy groups -OCH3 is 1. The first-order chi connectivity index (χ1) is 9.52. The standard InChI is InChI=1S/C14H13ClN2O3/c1-16(11-5-3-10(15)4-6-11)13-8-7-12(20-2)9-14(13)17(18)19/h3-9H,1-2H3. The zero-order valence-electron chi connectivity index (χ0n) is 11.0. The van der Waals surface area contributed by atoms with Crippen LogP contribution in [-0.4, -0.2) is 19.1 Å². The maximum absolute atomic E-state index is 11.2. The molecule has 20 heavy (non-hydrogen) atoms. The Morgan fingerprint density at radius 1 is 1.20 bits per heavy atom. The van der Waals surface area contributed by atoms with Crippen molar-refractivity contribution in [1.82, 2.24) is 0 Å². The summed E-state index contributed by atoms with van der Waals surface area (Å²) >= 11 is 5.84. The molecule has 0 aliphatic carbocycles. The molecule has 2 rings (SSSR count). The van der Waals surface area contributed by atoms with Crippen LogP contribution in [0.15, 0.2) is 42.5 Å². The van der Waals surface area contributed by atoms with Crippen LogP contribution in [0.25, 0.3) is 0 Å². The molecule has 0 heterocycles. The Labute approximate surface area is 121 Å². The number of benzene rings is 2. The number of rotatable bonds is 4. The van der Waals surface area contributed by atoms with Crippen LogP contribution in [-0.2, 0) is 0 Å². The van der Waals surface area contributed by atoms with Crippen molar-refractivity contribution in [3.05, 3.63) is 57.6 Å². The fourth-order valence-corrected chi connectivity index (χ4v) is 1.99. The van der Waals surface area contributed by atoms with Gasteiger partial charge in [-0.15, -0.1) is 0 Å². The summed E-state index contributed by atoms with van der Waals surface area (Å²) in [7, 11) is 3.24. The number of nitro benzene ring substituents is 1. The summed E-state index contributed by atoms with van der Waals surface area (Å²) in [5.41, 5.74) is 1.28. The van der Waals surface area contributed by atoms with Gasteiger partial charge in [-0.25, -0.2) is 0 Å². The molecule has 0 atom stereocenters. The van der Waals surface area contributed by atoms with E-state index < -0.39 is 4.92 Å². The van der Waals surface area contributed by atoms with Gasteiger partial charge < -0.3 is 9.64 Å². The third kappa shape index (κ3) is 2.83. The monoisotopic (exact) mass is 292 g/mol. The van der Waals surface area contributed by atoms with E-state index in [1.54, 1.807) is 48.3 Å². The minimum Gasteiger partial charge on any atom is -0.496 e. The predicted octanol–water partition coefficient (Wildman–Crippen LogP) is 4.02. The fraction of sp³-hybridized carbons (Fsp3) is 0.143. The van der Waals surface area contributed by atoms with Gasteiger partial charge in [-0.2, -0.15) is 0 Å². The first-order valence-electron chi connectivity index (χ1n) is 5.84. The molecule has 0 aromatic heterocycles. The van der Waals surface area contributed by atoms with E-state index in [-0.39, 0.29) is 5.69 Å². The van der Waals surface area contributed by atoms with Gasteiger partial charge in [-0.1, -0.05) is 11.6 Å². The fourth-order valence-electron chi connectivity index (χ4n) is 1.86. The Morgan fingerprint density at radius 2 is 1.85 bits per heavy atom. The summed E-state index contributed by atoms with van der Waals surface area (Å²) in [6.45, 7) is 0. The van der Waals surface area contributed by atoms with Crippen LogP contribution in [0.1, 0.15) is 0 Å². The third-order valence-electron chi connectivity index (χ3n) is 2.95. The molecule has 0 aliphatic rings. The minimum absolute atomic E-state index is 0.0122. The molecule has 0 aliphatic heterocycles. The van der Waals surface area contributed by atoms with E-state index in [9.17, 15) is 10.1 Å². The average molecular weight is 293 g/mol. The van der Waals surface area contributed by atoms with Crippen molar-refractivity contribution in [2.45, 2.75) is 0 Å². The van der Waals surface area contributed by atoms with Crippen molar-refractivity contribution in [1.29, 1.82) is 0 Å². The second-order valence-corrected chi connectivity index (χ2v) is 4.58. The minimum atomic E-state index is -0.426. The smallest absolute Gasteiger partial charge is 0.296 e. The second kappa shape index (κ2) is 5.79. The number of nitro groups is 1. The van der Waals surface area contributed by atoms with E-state index in [0.717, 1.165) is 5.69 Å². The number of hydrogen-bond acceptors (Lipinski definition) is 4. The van der Waals surface area contributed by atoms with Crippen molar-refractivity contribution in [3.8, 4) is 5.75 Å². The van der Waals surface area contributed by atoms with Gasteiger partial charge in [0.1, 0.15) is 11.4 Å². The van der Waals surface area contributed by atoms with Crippen molar-refractivity contribution in [2.75, 3.05) is 19.1 Å². The molecule has 0 fully saturated rings. The van der Waals surface area contributed by atoms with E-state index in [4.69, 9.17) is 16.3 Å². The summed E-state index contributed by atoms with van der Waals surface area (Å²) in [5.74, 6) is 0.449. The molecule has 5 nitrogen and oxygen atoms in total. The molecule has 0 unspecified atom stereocenters. The van der Waals surface area contributed by atoms with Gasteiger partial charge in [0.25, 0.3) is 5.69 Å². The SMILES string of the molecule is COc1ccc(N(C)c2ccc(Cl)cc2)c([N+](=O)[O-])c1. The Kier molecular flexibility index (Phi) is 4.10. The van der Waals surface area contributed by atoms with Gasteiger partial charge >= 0.3 is 0 Å². The molecule has 0 spiro atoms. The Bertz CT molecular complexity index is 629. The number of halogens is 1. The van der Waals surface area contributed by atoms with Gasteiger partial charge in [-0.05, 0) is 36.4 Å². The van der Waals surface area contributed by atoms with Crippen LogP contribution >= 0.6 is 11.6 Å². The normalized spacial score (nSPS) is 10.2. The lowest BCUT2D eigenvalue weighted by Gasteiger charge is -2.19. The average Bonchev–Trinajstić information content (AvgIpc) is 2.46. The largest absolute Gasteiger partial charge is 0.496 e. The van der Waals surface area contributed by atoms with Gasteiger partial charge in [0.05, 0.1) is 18.1 Å². The lowest BCUT2D eigenvalue weighted by molar-refractivity contribution is -0.384. The highest BCUT2D eigenvalue weighted by Crippen LogP contribution is 2.35. The van der Waals surface area contributed by atoms with E-state index in [0.29, 0.717) is 16.5 Å². The van der Waals surface area contributed by atoms with E-state index >= 15 is 0 Å². The number of nitrogens with zero attached hydrogens (tertiary/aromatic N) is 2. The highest BCUT2D eigenvalue weighted by atomic mass is 35.5. The van der Waals surface area contributed by atoms with Crippen molar-refractivity contribution >= 4 is 28.7 Å². The Balaban J connectivity index is 2.45. The maximum Gasteiger partial charge on any atom is 0.296 e. The molecule has 2 aromatic carbocycles. The summed E-state index contributed by atoms with van der Waals surface area (Å²) in [6.07, 6.45) is 0. The quantitative estimate of drug-likeness (QED) is 0.631. The molecular formula is C14H13ClN2O3. The van der Waals surface area contributed by atoms with Crippen LogP contribution in [0.5, 0.6) is 5.75 Å². The van der Waals surface area contributed by atoms with E-state index in [1.807, 2.05) is 0 Å². The van der Waals surface area contributed by atoms with Crippen LogP contribution in [0.3, 0.4) is 0 Å². The molecule has 0 N–H and O–H groups in total. The zero-order chi connectivity index (χ0) is 14.7. The van der Waals surface area contributed by atoms with Gasteiger partial charge in [0, 0.05) is 17.8 Å². The molecule has 0 saturated heterocycles. The molecule has 0 bridgehead atoms. The predicted molar refractivity (Wildman–Crippen MR) is 79.2 cm³/mol. The maximum atomic E-state index is 11.2. The number of hydrogen-bond donors (Lipinski definition) is 0. The van der Waals surface area contributed by atoms with Crippen LogP contribution in [0, 0.1) is 10.1 Å². The van der Waals surface area contributed by atoms with Gasteiger partial charge in [0.2, 0.25) is 0 Å². The molecule has 6 heteroatoms. The molecule has 0 saturated carbocycles. The number of anilines is 2. The van der Waals surface area contributed by atoms with Crippen molar-refractivity contribution < 1.29 is 9.66 Å². The number of ether oxygens (including phenoxy) is 1. The Hall–Kier alpha value is -2.27. The van der Waals surface area contributed by atoms with E-state index in [1.165, 1.54) is 13.2 Å². The second-order valence-electron chi connectivity index (χ2n) is 4.15. The highest BCUT2D eigenvalue weighted by Gasteiger charge is 2.19.